The summed E-state index contributed by atoms with van der Waals surface area (Å²) in [5.41, 5.74) is 4.53. The lowest BCUT2D eigenvalue weighted by atomic mass is 9.97. The molecule has 15 heavy (non-hydrogen) atoms. The van der Waals surface area contributed by atoms with Crippen molar-refractivity contribution in [2.24, 2.45) is 0 Å². The summed E-state index contributed by atoms with van der Waals surface area (Å²) in [6.07, 6.45) is 0.888. The Kier molecular flexibility index (Phi) is 4.35. The molecule has 0 aliphatic rings. The standard InChI is InChI=1S/C12H17ClOS/c1-7-8(2)12(14-4)10(5-6-15)9(3)11(7)13/h15H,5-6H2,1-4H3. The summed E-state index contributed by atoms with van der Waals surface area (Å²) < 4.78 is 5.45. The number of benzene rings is 1. The highest BCUT2D eigenvalue weighted by Crippen LogP contribution is 2.36. The van der Waals surface area contributed by atoms with Gasteiger partial charge in [-0.2, -0.15) is 12.6 Å². The van der Waals surface area contributed by atoms with Crippen molar-refractivity contribution in [2.45, 2.75) is 27.2 Å². The van der Waals surface area contributed by atoms with Crippen molar-refractivity contribution in [2.75, 3.05) is 12.9 Å². The van der Waals surface area contributed by atoms with Crippen molar-refractivity contribution in [1.29, 1.82) is 0 Å². The Bertz CT molecular complexity index is 375. The van der Waals surface area contributed by atoms with Crippen LogP contribution in [0.3, 0.4) is 0 Å². The van der Waals surface area contributed by atoms with E-state index >= 15 is 0 Å². The van der Waals surface area contributed by atoms with E-state index in [1.54, 1.807) is 7.11 Å². The first-order chi connectivity index (χ1) is 7.04. The number of thiol groups is 1. The van der Waals surface area contributed by atoms with Crippen molar-refractivity contribution < 1.29 is 4.74 Å². The van der Waals surface area contributed by atoms with Crippen LogP contribution in [-0.4, -0.2) is 12.9 Å². The lowest BCUT2D eigenvalue weighted by Crippen LogP contribution is -2.02. The van der Waals surface area contributed by atoms with Crippen LogP contribution in [0.4, 0.5) is 0 Å². The van der Waals surface area contributed by atoms with Gasteiger partial charge in [0.05, 0.1) is 7.11 Å². The quantitative estimate of drug-likeness (QED) is 0.797. The maximum Gasteiger partial charge on any atom is 0.125 e. The van der Waals surface area contributed by atoms with Crippen molar-refractivity contribution in [3.8, 4) is 5.75 Å². The Morgan fingerprint density at radius 3 is 2.20 bits per heavy atom. The van der Waals surface area contributed by atoms with Crippen molar-refractivity contribution in [1.82, 2.24) is 0 Å². The van der Waals surface area contributed by atoms with Gasteiger partial charge in [-0.3, -0.25) is 0 Å². The summed E-state index contributed by atoms with van der Waals surface area (Å²) in [7, 11) is 1.71. The predicted molar refractivity (Wildman–Crippen MR) is 69.8 cm³/mol. The summed E-state index contributed by atoms with van der Waals surface area (Å²) in [6.45, 7) is 6.11. The number of hydrogen-bond donors (Lipinski definition) is 1. The maximum absolute atomic E-state index is 6.27. The monoisotopic (exact) mass is 244 g/mol. The minimum atomic E-state index is 0.802. The Hall–Kier alpha value is -0.340. The lowest BCUT2D eigenvalue weighted by Gasteiger charge is -2.18. The molecule has 1 aromatic carbocycles. The molecule has 0 aliphatic carbocycles. The van der Waals surface area contributed by atoms with Crippen LogP contribution in [-0.2, 0) is 6.42 Å². The Morgan fingerprint density at radius 1 is 1.13 bits per heavy atom. The zero-order chi connectivity index (χ0) is 11.6. The third-order valence-corrected chi connectivity index (χ3v) is 3.64. The molecule has 0 saturated carbocycles. The highest BCUT2D eigenvalue weighted by molar-refractivity contribution is 7.80. The molecule has 0 saturated heterocycles. The SMILES string of the molecule is COc1c(C)c(C)c(Cl)c(C)c1CCS. The summed E-state index contributed by atoms with van der Waals surface area (Å²) in [4.78, 5) is 0. The molecular formula is C12H17ClOS. The van der Waals surface area contributed by atoms with Crippen molar-refractivity contribution in [3.63, 3.8) is 0 Å². The smallest absolute Gasteiger partial charge is 0.125 e. The molecule has 0 N–H and O–H groups in total. The van der Waals surface area contributed by atoms with Gasteiger partial charge in [-0.1, -0.05) is 11.6 Å². The highest BCUT2D eigenvalue weighted by Gasteiger charge is 2.15. The summed E-state index contributed by atoms with van der Waals surface area (Å²) in [6, 6.07) is 0. The average Bonchev–Trinajstić information content (AvgIpc) is 2.24. The fraction of sp³-hybridized carbons (Fsp3) is 0.500. The van der Waals surface area contributed by atoms with E-state index in [-0.39, 0.29) is 0 Å². The normalized spacial score (nSPS) is 10.5. The average molecular weight is 245 g/mol. The number of rotatable bonds is 3. The van der Waals surface area contributed by atoms with Gasteiger partial charge < -0.3 is 4.74 Å². The molecule has 0 unspecified atom stereocenters. The zero-order valence-electron chi connectivity index (χ0n) is 9.65. The first kappa shape index (κ1) is 12.7. The van der Waals surface area contributed by atoms with Crippen LogP contribution < -0.4 is 4.74 Å². The number of ether oxygens (including phenoxy) is 1. The second kappa shape index (κ2) is 5.13. The van der Waals surface area contributed by atoms with E-state index < -0.39 is 0 Å². The van der Waals surface area contributed by atoms with E-state index in [2.05, 4.69) is 12.6 Å². The summed E-state index contributed by atoms with van der Waals surface area (Å²) >= 11 is 10.5. The van der Waals surface area contributed by atoms with Crippen LogP contribution in [0.25, 0.3) is 0 Å². The molecule has 0 atom stereocenters. The van der Waals surface area contributed by atoms with Crippen LogP contribution >= 0.6 is 24.2 Å². The van der Waals surface area contributed by atoms with Gasteiger partial charge >= 0.3 is 0 Å². The molecule has 1 rings (SSSR count). The first-order valence-corrected chi connectivity index (χ1v) is 5.98. The Labute approximate surface area is 102 Å². The van der Waals surface area contributed by atoms with Gasteiger partial charge in [0.25, 0.3) is 0 Å². The fourth-order valence-electron chi connectivity index (χ4n) is 1.83. The number of halogens is 1. The molecule has 0 amide bonds. The van der Waals surface area contributed by atoms with E-state index in [1.165, 1.54) is 5.56 Å². The van der Waals surface area contributed by atoms with Gasteiger partial charge in [-0.15, -0.1) is 0 Å². The van der Waals surface area contributed by atoms with Crippen LogP contribution in [0.15, 0.2) is 0 Å². The van der Waals surface area contributed by atoms with E-state index in [9.17, 15) is 0 Å². The largest absolute Gasteiger partial charge is 0.496 e. The third kappa shape index (κ3) is 2.26. The van der Waals surface area contributed by atoms with Crippen molar-refractivity contribution in [3.05, 3.63) is 27.3 Å². The van der Waals surface area contributed by atoms with Gasteiger partial charge in [-0.05, 0) is 55.2 Å². The molecule has 0 fully saturated rings. The molecule has 1 nitrogen and oxygen atoms in total. The van der Waals surface area contributed by atoms with E-state index in [1.807, 2.05) is 20.8 Å². The van der Waals surface area contributed by atoms with E-state index in [0.29, 0.717) is 0 Å². The molecular weight excluding hydrogens is 228 g/mol. The van der Waals surface area contributed by atoms with Crippen molar-refractivity contribution >= 4 is 24.2 Å². The zero-order valence-corrected chi connectivity index (χ0v) is 11.3. The Balaban J connectivity index is 3.47. The van der Waals surface area contributed by atoms with E-state index in [4.69, 9.17) is 16.3 Å². The molecule has 84 valence electrons. The van der Waals surface area contributed by atoms with Gasteiger partial charge in [0.2, 0.25) is 0 Å². The first-order valence-electron chi connectivity index (χ1n) is 4.97. The molecule has 0 spiro atoms. The molecule has 0 heterocycles. The van der Waals surface area contributed by atoms with Gasteiger partial charge in [0.15, 0.2) is 0 Å². The highest BCUT2D eigenvalue weighted by atomic mass is 35.5. The second-order valence-electron chi connectivity index (χ2n) is 3.67. The van der Waals surface area contributed by atoms with Gasteiger partial charge in [0, 0.05) is 5.02 Å². The summed E-state index contributed by atoms with van der Waals surface area (Å²) in [5.74, 6) is 1.76. The molecule has 0 aromatic heterocycles. The van der Waals surface area contributed by atoms with Crippen LogP contribution in [0.2, 0.25) is 5.02 Å². The molecule has 0 aliphatic heterocycles. The van der Waals surface area contributed by atoms with Gasteiger partial charge in [0.1, 0.15) is 5.75 Å². The van der Waals surface area contributed by atoms with Crippen LogP contribution in [0.5, 0.6) is 5.75 Å². The minimum Gasteiger partial charge on any atom is -0.496 e. The molecule has 1 aromatic rings. The fourth-order valence-corrected chi connectivity index (χ4v) is 2.31. The van der Waals surface area contributed by atoms with Crippen LogP contribution in [0, 0.1) is 20.8 Å². The molecule has 3 heteroatoms. The predicted octanol–water partition coefficient (Wildman–Crippen LogP) is 3.75. The molecule has 0 radical (unpaired) electrons. The topological polar surface area (TPSA) is 9.23 Å². The Morgan fingerprint density at radius 2 is 1.73 bits per heavy atom. The van der Waals surface area contributed by atoms with Crippen LogP contribution in [0.1, 0.15) is 22.3 Å². The third-order valence-electron chi connectivity index (χ3n) is 2.85. The lowest BCUT2D eigenvalue weighted by molar-refractivity contribution is 0.406. The minimum absolute atomic E-state index is 0.802. The van der Waals surface area contributed by atoms with E-state index in [0.717, 1.165) is 39.6 Å². The maximum atomic E-state index is 6.27. The number of methoxy groups -OCH3 is 1. The number of hydrogen-bond acceptors (Lipinski definition) is 2. The molecule has 0 bridgehead atoms. The second-order valence-corrected chi connectivity index (χ2v) is 4.50. The summed E-state index contributed by atoms with van der Waals surface area (Å²) in [5, 5.41) is 0.852. The van der Waals surface area contributed by atoms with Gasteiger partial charge in [-0.25, -0.2) is 0 Å².